The van der Waals surface area contributed by atoms with Gasteiger partial charge < -0.3 is 0 Å². The molecule has 0 heterocycles. The molecular weight excluding hydrogens is 318 g/mol. The minimum absolute atomic E-state index is 0.259. The molecule has 0 aromatic heterocycles. The molecule has 110 valence electrons. The molecule has 0 aliphatic heterocycles. The first-order valence-corrected chi connectivity index (χ1v) is 8.39. The summed E-state index contributed by atoms with van der Waals surface area (Å²) in [7, 11) is 0. The van der Waals surface area contributed by atoms with Gasteiger partial charge >= 0.3 is 0 Å². The van der Waals surface area contributed by atoms with E-state index in [4.69, 9.17) is 0 Å². The van der Waals surface area contributed by atoms with E-state index in [-0.39, 0.29) is 10.6 Å². The zero-order chi connectivity index (χ0) is 14.5. The third-order valence-corrected chi connectivity index (χ3v) is 5.57. The molecular formula is C16H22BrNO2. The predicted octanol–water partition coefficient (Wildman–Crippen LogP) is 5.12. The molecule has 0 saturated heterocycles. The lowest BCUT2D eigenvalue weighted by Gasteiger charge is -2.33. The number of nitro groups is 1. The number of nitrogens with zero attached hydrogens (tertiary/aromatic N) is 1. The van der Waals surface area contributed by atoms with Gasteiger partial charge in [-0.1, -0.05) is 53.9 Å². The predicted molar refractivity (Wildman–Crippen MR) is 85.3 cm³/mol. The van der Waals surface area contributed by atoms with Crippen LogP contribution in [-0.4, -0.2) is 9.75 Å². The van der Waals surface area contributed by atoms with Crippen LogP contribution in [0.4, 0.5) is 5.69 Å². The SMILES string of the molecule is CCCC1CCC(Br)C(Cc2ccccc2[N+](=O)[O-])C1. The molecule has 3 nitrogen and oxygen atoms in total. The average Bonchev–Trinajstić information content (AvgIpc) is 2.43. The largest absolute Gasteiger partial charge is 0.272 e. The zero-order valence-corrected chi connectivity index (χ0v) is 13.5. The van der Waals surface area contributed by atoms with Crippen molar-refractivity contribution in [3.05, 3.63) is 39.9 Å². The van der Waals surface area contributed by atoms with E-state index in [0.29, 0.717) is 10.7 Å². The fraction of sp³-hybridized carbons (Fsp3) is 0.625. The van der Waals surface area contributed by atoms with Crippen LogP contribution in [0.2, 0.25) is 0 Å². The normalized spacial score (nSPS) is 26.4. The van der Waals surface area contributed by atoms with Crippen LogP contribution in [0.15, 0.2) is 24.3 Å². The number of benzene rings is 1. The maximum atomic E-state index is 11.1. The second kappa shape index (κ2) is 7.21. The van der Waals surface area contributed by atoms with Crippen LogP contribution >= 0.6 is 15.9 Å². The van der Waals surface area contributed by atoms with Crippen molar-refractivity contribution in [1.82, 2.24) is 0 Å². The van der Waals surface area contributed by atoms with E-state index >= 15 is 0 Å². The highest BCUT2D eigenvalue weighted by Crippen LogP contribution is 2.38. The maximum absolute atomic E-state index is 11.1. The standard InChI is InChI=1S/C16H22BrNO2/c1-2-5-12-8-9-15(17)14(10-12)11-13-6-3-4-7-16(13)18(19)20/h3-4,6-7,12,14-15H,2,5,8-11H2,1H3. The smallest absolute Gasteiger partial charge is 0.258 e. The van der Waals surface area contributed by atoms with Crippen LogP contribution in [-0.2, 0) is 6.42 Å². The van der Waals surface area contributed by atoms with Crippen molar-refractivity contribution in [2.45, 2.75) is 50.3 Å². The number of halogens is 1. The Morgan fingerprint density at radius 1 is 1.35 bits per heavy atom. The first-order chi connectivity index (χ1) is 9.61. The molecule has 2 rings (SSSR count). The molecule has 0 radical (unpaired) electrons. The molecule has 0 bridgehead atoms. The van der Waals surface area contributed by atoms with Gasteiger partial charge in [-0.05, 0) is 37.5 Å². The van der Waals surface area contributed by atoms with Crippen LogP contribution in [0.1, 0.15) is 44.6 Å². The first-order valence-electron chi connectivity index (χ1n) is 7.48. The van der Waals surface area contributed by atoms with Crippen LogP contribution in [0.25, 0.3) is 0 Å². The van der Waals surface area contributed by atoms with Crippen LogP contribution in [0.5, 0.6) is 0 Å². The van der Waals surface area contributed by atoms with Crippen LogP contribution in [0.3, 0.4) is 0 Å². The van der Waals surface area contributed by atoms with Crippen molar-refractivity contribution < 1.29 is 4.92 Å². The van der Waals surface area contributed by atoms with Crippen molar-refractivity contribution in [2.75, 3.05) is 0 Å². The minimum Gasteiger partial charge on any atom is -0.258 e. The van der Waals surface area contributed by atoms with E-state index in [1.807, 2.05) is 12.1 Å². The van der Waals surface area contributed by atoms with E-state index in [2.05, 4.69) is 22.9 Å². The zero-order valence-electron chi connectivity index (χ0n) is 11.9. The Kier molecular flexibility index (Phi) is 5.58. The third-order valence-electron chi connectivity index (χ3n) is 4.37. The summed E-state index contributed by atoms with van der Waals surface area (Å²) >= 11 is 3.78. The molecule has 4 heteroatoms. The summed E-state index contributed by atoms with van der Waals surface area (Å²) in [6.45, 7) is 2.23. The Morgan fingerprint density at radius 2 is 2.10 bits per heavy atom. The van der Waals surface area contributed by atoms with Crippen molar-refractivity contribution in [3.63, 3.8) is 0 Å². The van der Waals surface area contributed by atoms with Gasteiger partial charge in [0.25, 0.3) is 5.69 Å². The van der Waals surface area contributed by atoms with E-state index in [0.717, 1.165) is 17.9 Å². The summed E-state index contributed by atoms with van der Waals surface area (Å²) in [6.07, 6.45) is 7.00. The van der Waals surface area contributed by atoms with Gasteiger partial charge in [0.2, 0.25) is 0 Å². The molecule has 1 aromatic carbocycles. The van der Waals surface area contributed by atoms with Crippen LogP contribution in [0, 0.1) is 22.0 Å². The Labute approximate surface area is 129 Å². The summed E-state index contributed by atoms with van der Waals surface area (Å²) in [5.74, 6) is 1.31. The van der Waals surface area contributed by atoms with Gasteiger partial charge in [-0.3, -0.25) is 10.1 Å². The number of hydrogen-bond donors (Lipinski definition) is 0. The molecule has 1 saturated carbocycles. The summed E-state index contributed by atoms with van der Waals surface area (Å²) in [4.78, 5) is 11.3. The van der Waals surface area contributed by atoms with Gasteiger partial charge in [-0.25, -0.2) is 0 Å². The summed E-state index contributed by atoms with van der Waals surface area (Å²) in [5.41, 5.74) is 1.15. The highest BCUT2D eigenvalue weighted by Gasteiger charge is 2.30. The highest BCUT2D eigenvalue weighted by atomic mass is 79.9. The molecule has 1 aromatic rings. The Hall–Kier alpha value is -0.900. The van der Waals surface area contributed by atoms with Gasteiger partial charge in [0.1, 0.15) is 0 Å². The Balaban J connectivity index is 2.09. The van der Waals surface area contributed by atoms with Crippen LogP contribution < -0.4 is 0 Å². The average molecular weight is 340 g/mol. The summed E-state index contributed by atoms with van der Waals surface area (Å²) < 4.78 is 0. The number of rotatable bonds is 5. The number of para-hydroxylation sites is 1. The molecule has 20 heavy (non-hydrogen) atoms. The monoisotopic (exact) mass is 339 g/mol. The quantitative estimate of drug-likeness (QED) is 0.424. The molecule has 3 atom stereocenters. The van der Waals surface area contributed by atoms with Crippen molar-refractivity contribution in [1.29, 1.82) is 0 Å². The molecule has 1 aliphatic rings. The molecule has 1 aliphatic carbocycles. The number of nitro benzene ring substituents is 1. The lowest BCUT2D eigenvalue weighted by Crippen LogP contribution is -2.27. The van der Waals surface area contributed by atoms with Crippen molar-refractivity contribution >= 4 is 21.6 Å². The summed E-state index contributed by atoms with van der Waals surface area (Å²) in [6, 6.07) is 7.16. The molecule has 1 fully saturated rings. The van der Waals surface area contributed by atoms with E-state index in [9.17, 15) is 10.1 Å². The Morgan fingerprint density at radius 3 is 2.80 bits per heavy atom. The van der Waals surface area contributed by atoms with Gasteiger partial charge in [0.15, 0.2) is 0 Å². The van der Waals surface area contributed by atoms with Crippen molar-refractivity contribution in [3.8, 4) is 0 Å². The van der Waals surface area contributed by atoms with Gasteiger partial charge in [0, 0.05) is 16.5 Å². The second-order valence-electron chi connectivity index (χ2n) is 5.83. The van der Waals surface area contributed by atoms with E-state index in [1.165, 1.54) is 32.1 Å². The Bertz CT molecular complexity index is 464. The molecule has 0 amide bonds. The second-order valence-corrected chi connectivity index (χ2v) is 7.01. The fourth-order valence-corrected chi connectivity index (χ4v) is 4.02. The van der Waals surface area contributed by atoms with Gasteiger partial charge in [-0.2, -0.15) is 0 Å². The van der Waals surface area contributed by atoms with Gasteiger partial charge in [0.05, 0.1) is 4.92 Å². The lowest BCUT2D eigenvalue weighted by atomic mass is 9.77. The summed E-state index contributed by atoms with van der Waals surface area (Å²) in [5, 5.41) is 11.1. The van der Waals surface area contributed by atoms with Crippen molar-refractivity contribution in [2.24, 2.45) is 11.8 Å². The molecule has 0 spiro atoms. The first kappa shape index (κ1) is 15.5. The minimum atomic E-state index is -0.259. The topological polar surface area (TPSA) is 43.1 Å². The fourth-order valence-electron chi connectivity index (χ4n) is 3.35. The van der Waals surface area contributed by atoms with E-state index in [1.54, 1.807) is 12.1 Å². The molecule has 3 unspecified atom stereocenters. The lowest BCUT2D eigenvalue weighted by molar-refractivity contribution is -0.385. The maximum Gasteiger partial charge on any atom is 0.272 e. The number of alkyl halides is 1. The molecule has 0 N–H and O–H groups in total. The highest BCUT2D eigenvalue weighted by molar-refractivity contribution is 9.09. The van der Waals surface area contributed by atoms with Gasteiger partial charge in [-0.15, -0.1) is 0 Å². The third kappa shape index (κ3) is 3.81. The van der Waals surface area contributed by atoms with E-state index < -0.39 is 0 Å². The number of hydrogen-bond acceptors (Lipinski definition) is 2.